The summed E-state index contributed by atoms with van der Waals surface area (Å²) in [6.45, 7) is 4.90. The first-order valence-corrected chi connectivity index (χ1v) is 13.6. The fraction of sp³-hybridized carbons (Fsp3) is 0.778. The van der Waals surface area contributed by atoms with Gasteiger partial charge in [0, 0.05) is 11.7 Å². The van der Waals surface area contributed by atoms with Gasteiger partial charge in [-0.25, -0.2) is 13.9 Å². The number of hydrogen-bond donors (Lipinski definition) is 5. The Hall–Kier alpha value is -1.22. The number of nitrogens with zero attached hydrogens (tertiary/aromatic N) is 3. The van der Waals surface area contributed by atoms with Crippen molar-refractivity contribution in [3.63, 3.8) is 0 Å². The number of aliphatic hydroxyl groups excluding tert-OH is 2. The van der Waals surface area contributed by atoms with Gasteiger partial charge < -0.3 is 34.5 Å². The molecule has 5 N–H and O–H groups in total. The SMILES string of the molecule is CC(C)(C)Nc1ccn([C@@H]2O[C@H](COP(=O)(O)OP(=O)(O)OCC[N+](C)(C)C)C(O)C2O)c(=O)n1. The van der Waals surface area contributed by atoms with Crippen molar-refractivity contribution < 1.29 is 51.7 Å². The van der Waals surface area contributed by atoms with E-state index in [2.05, 4.69) is 23.7 Å². The van der Waals surface area contributed by atoms with Gasteiger partial charge in [-0.3, -0.25) is 13.6 Å². The molecule has 1 aromatic heterocycles. The van der Waals surface area contributed by atoms with Crippen molar-refractivity contribution in [1.82, 2.24) is 9.55 Å². The van der Waals surface area contributed by atoms with Crippen LogP contribution >= 0.6 is 15.6 Å². The Morgan fingerprint density at radius 1 is 1.14 bits per heavy atom. The van der Waals surface area contributed by atoms with E-state index in [1.54, 1.807) is 0 Å². The lowest BCUT2D eigenvalue weighted by atomic mass is 10.1. The van der Waals surface area contributed by atoms with Crippen molar-refractivity contribution in [2.75, 3.05) is 46.2 Å². The van der Waals surface area contributed by atoms with Gasteiger partial charge >= 0.3 is 21.3 Å². The summed E-state index contributed by atoms with van der Waals surface area (Å²) < 4.78 is 44.4. The molecule has 2 rings (SSSR count). The molecule has 1 fully saturated rings. The number of quaternary nitrogens is 1. The molecule has 0 bridgehead atoms. The minimum atomic E-state index is -5.13. The predicted molar refractivity (Wildman–Crippen MR) is 123 cm³/mol. The summed E-state index contributed by atoms with van der Waals surface area (Å²) in [6, 6.07) is 1.48. The number of hydrogen-bond acceptors (Lipinski definition) is 11. The average Bonchev–Trinajstić information content (AvgIpc) is 2.91. The molecular formula is C18H35N4O11P2+. The number of phosphoric ester groups is 2. The zero-order valence-corrected chi connectivity index (χ0v) is 22.3. The van der Waals surface area contributed by atoms with Crippen LogP contribution in [0, 0.1) is 0 Å². The smallest absolute Gasteiger partial charge is 0.387 e. The topological polar surface area (TPSA) is 199 Å². The molecular weight excluding hydrogens is 510 g/mol. The van der Waals surface area contributed by atoms with Crippen molar-refractivity contribution in [2.24, 2.45) is 0 Å². The minimum Gasteiger partial charge on any atom is -0.387 e. The van der Waals surface area contributed by atoms with E-state index in [1.807, 2.05) is 41.9 Å². The molecule has 0 amide bonds. The first-order chi connectivity index (χ1) is 15.8. The lowest BCUT2D eigenvalue weighted by Crippen LogP contribution is -2.37. The molecule has 6 atom stereocenters. The monoisotopic (exact) mass is 545 g/mol. The lowest BCUT2D eigenvalue weighted by Gasteiger charge is -2.24. The van der Waals surface area contributed by atoms with Gasteiger partial charge in [0.1, 0.15) is 37.3 Å². The van der Waals surface area contributed by atoms with Gasteiger partial charge in [0.15, 0.2) is 6.23 Å². The van der Waals surface area contributed by atoms with E-state index < -0.39 is 52.5 Å². The number of likely N-dealkylation sites (N-methyl/N-ethyl adjacent to an activating group) is 1. The molecule has 1 aliphatic rings. The van der Waals surface area contributed by atoms with Crippen molar-refractivity contribution >= 4 is 21.5 Å². The second kappa shape index (κ2) is 11.0. The Balaban J connectivity index is 2.00. The lowest BCUT2D eigenvalue weighted by molar-refractivity contribution is -0.870. The Labute approximate surface area is 203 Å². The van der Waals surface area contributed by atoms with Gasteiger partial charge in [-0.1, -0.05) is 0 Å². The molecule has 0 radical (unpaired) electrons. The highest BCUT2D eigenvalue weighted by atomic mass is 31.3. The van der Waals surface area contributed by atoms with Gasteiger partial charge in [-0.2, -0.15) is 9.29 Å². The highest BCUT2D eigenvalue weighted by Crippen LogP contribution is 2.60. The van der Waals surface area contributed by atoms with Crippen LogP contribution in [0.15, 0.2) is 17.1 Å². The van der Waals surface area contributed by atoms with Gasteiger partial charge in [-0.15, -0.1) is 0 Å². The van der Waals surface area contributed by atoms with Crippen LogP contribution < -0.4 is 11.0 Å². The highest BCUT2D eigenvalue weighted by molar-refractivity contribution is 7.61. The zero-order chi connectivity index (χ0) is 26.8. The third-order valence-corrected chi connectivity index (χ3v) is 7.20. The largest absolute Gasteiger partial charge is 0.481 e. The summed E-state index contributed by atoms with van der Waals surface area (Å²) in [4.78, 5) is 35.8. The number of rotatable bonds is 11. The first-order valence-electron chi connectivity index (χ1n) is 10.6. The molecule has 17 heteroatoms. The van der Waals surface area contributed by atoms with E-state index in [9.17, 15) is 33.9 Å². The Bertz CT molecular complexity index is 1020. The van der Waals surface area contributed by atoms with E-state index in [1.165, 1.54) is 12.3 Å². The Morgan fingerprint density at radius 3 is 2.29 bits per heavy atom. The number of phosphoric acid groups is 2. The standard InChI is InChI=1S/C18H34N4O11P2/c1-18(2,3)20-13-7-8-21(17(25)19-13)16-15(24)14(23)12(32-16)11-31-35(28,29)33-34(26,27)30-10-9-22(4,5)6/h7-8,12,14-16,23-24H,9-11H2,1-6H3,(H2-,19,20,25,26,27,28,29)/p+1/t12-,14?,15?,16-/m1/s1. The predicted octanol–water partition coefficient (Wildman–Crippen LogP) is 0.0297. The van der Waals surface area contributed by atoms with E-state index in [-0.39, 0.29) is 12.1 Å². The maximum absolute atomic E-state index is 12.4. The van der Waals surface area contributed by atoms with E-state index in [0.717, 1.165) is 4.57 Å². The molecule has 0 spiro atoms. The summed E-state index contributed by atoms with van der Waals surface area (Å²) in [5, 5.41) is 23.6. The summed E-state index contributed by atoms with van der Waals surface area (Å²) >= 11 is 0. The second-order valence-electron chi connectivity index (χ2n) is 10.1. The maximum atomic E-state index is 12.4. The molecule has 2 heterocycles. The first kappa shape index (κ1) is 30.0. The maximum Gasteiger partial charge on any atom is 0.481 e. The number of ether oxygens (including phenoxy) is 1. The van der Waals surface area contributed by atoms with Gasteiger partial charge in [0.05, 0.1) is 27.7 Å². The minimum absolute atomic E-state index is 0.234. The number of anilines is 1. The fourth-order valence-electron chi connectivity index (χ4n) is 2.93. The number of aromatic nitrogens is 2. The normalized spacial score (nSPS) is 26.8. The van der Waals surface area contributed by atoms with Crippen LogP contribution in [-0.2, 0) is 27.2 Å². The summed E-state index contributed by atoms with van der Waals surface area (Å²) in [6.07, 6.45) is -4.67. The Morgan fingerprint density at radius 2 is 1.74 bits per heavy atom. The van der Waals surface area contributed by atoms with E-state index >= 15 is 0 Å². The Kier molecular flexibility index (Phi) is 9.46. The van der Waals surface area contributed by atoms with Crippen LogP contribution in [0.1, 0.15) is 27.0 Å². The molecule has 202 valence electrons. The van der Waals surface area contributed by atoms with Crippen LogP contribution in [0.3, 0.4) is 0 Å². The molecule has 35 heavy (non-hydrogen) atoms. The van der Waals surface area contributed by atoms with Crippen molar-refractivity contribution in [2.45, 2.75) is 50.8 Å². The van der Waals surface area contributed by atoms with Crippen LogP contribution in [0.5, 0.6) is 0 Å². The van der Waals surface area contributed by atoms with Crippen molar-refractivity contribution in [1.29, 1.82) is 0 Å². The molecule has 0 aliphatic carbocycles. The van der Waals surface area contributed by atoms with Crippen molar-refractivity contribution in [3.8, 4) is 0 Å². The second-order valence-corrected chi connectivity index (χ2v) is 13.1. The highest BCUT2D eigenvalue weighted by Gasteiger charge is 2.46. The van der Waals surface area contributed by atoms with Gasteiger partial charge in [0.2, 0.25) is 0 Å². The summed E-state index contributed by atoms with van der Waals surface area (Å²) in [5.74, 6) is 0.294. The zero-order valence-electron chi connectivity index (χ0n) is 20.5. The average molecular weight is 545 g/mol. The molecule has 1 saturated heterocycles. The molecule has 1 aliphatic heterocycles. The quantitative estimate of drug-likeness (QED) is 0.184. The molecule has 15 nitrogen and oxygen atoms in total. The van der Waals surface area contributed by atoms with Gasteiger partial charge in [0.25, 0.3) is 0 Å². The van der Waals surface area contributed by atoms with Crippen LogP contribution in [-0.4, -0.2) is 98.8 Å². The molecule has 0 saturated carbocycles. The molecule has 1 aromatic rings. The van der Waals surface area contributed by atoms with Gasteiger partial charge in [-0.05, 0) is 26.8 Å². The third-order valence-electron chi connectivity index (χ3n) is 4.57. The van der Waals surface area contributed by atoms with E-state index in [0.29, 0.717) is 16.8 Å². The fourth-order valence-corrected chi connectivity index (χ4v) is 5.00. The summed E-state index contributed by atoms with van der Waals surface area (Å²) in [5.41, 5.74) is -1.14. The summed E-state index contributed by atoms with van der Waals surface area (Å²) in [7, 11) is -4.64. The van der Waals surface area contributed by atoms with E-state index in [4.69, 9.17) is 4.74 Å². The van der Waals surface area contributed by atoms with Crippen LogP contribution in [0.2, 0.25) is 0 Å². The van der Waals surface area contributed by atoms with Crippen LogP contribution in [0.4, 0.5) is 5.82 Å². The molecule has 0 aromatic carbocycles. The van der Waals surface area contributed by atoms with Crippen molar-refractivity contribution in [3.05, 3.63) is 22.7 Å². The third kappa shape index (κ3) is 9.63. The number of aliphatic hydroxyl groups is 2. The number of nitrogens with one attached hydrogen (secondary N) is 1. The molecule has 4 unspecified atom stereocenters. The van der Waals surface area contributed by atoms with Crippen LogP contribution in [0.25, 0.3) is 0 Å².